The summed E-state index contributed by atoms with van der Waals surface area (Å²) < 4.78 is 19.9. The number of para-hydroxylation sites is 1. The van der Waals surface area contributed by atoms with Gasteiger partial charge in [-0.3, -0.25) is 19.3 Å². The van der Waals surface area contributed by atoms with Crippen molar-refractivity contribution in [2.75, 3.05) is 50.8 Å². The molecule has 0 bridgehead atoms. The van der Waals surface area contributed by atoms with Crippen LogP contribution >= 0.6 is 0 Å². The van der Waals surface area contributed by atoms with Crippen molar-refractivity contribution in [2.24, 2.45) is 0 Å². The number of unbranched alkanes of at least 4 members (excludes halogenated alkanes) is 1. The summed E-state index contributed by atoms with van der Waals surface area (Å²) in [6.45, 7) is 7.65. The molecule has 3 aliphatic rings. The van der Waals surface area contributed by atoms with E-state index in [1.165, 1.54) is 17.0 Å². The number of carbonyl (C=O) groups excluding carboxylic acids is 3. The Labute approximate surface area is 227 Å². The van der Waals surface area contributed by atoms with E-state index < -0.39 is 34.7 Å². The largest absolute Gasteiger partial charge is 0.507 e. The number of ketones is 1. The number of fused-ring (bicyclic) bond motifs is 2. The highest BCUT2D eigenvalue weighted by Crippen LogP contribution is 2.53. The van der Waals surface area contributed by atoms with Gasteiger partial charge in [0.1, 0.15) is 11.6 Å². The first-order valence-electron chi connectivity index (χ1n) is 13.6. The van der Waals surface area contributed by atoms with Gasteiger partial charge in [-0.2, -0.15) is 0 Å². The molecule has 0 saturated carbocycles. The van der Waals surface area contributed by atoms with Crippen LogP contribution in [-0.2, 0) is 24.7 Å². The minimum absolute atomic E-state index is 0.0427. The first kappa shape index (κ1) is 27.0. The van der Waals surface area contributed by atoms with Crippen LogP contribution in [0.25, 0.3) is 5.76 Å². The van der Waals surface area contributed by atoms with Crippen molar-refractivity contribution in [1.29, 1.82) is 0 Å². The van der Waals surface area contributed by atoms with Gasteiger partial charge in [0.25, 0.3) is 17.6 Å². The maximum atomic E-state index is 14.5. The fraction of sp³-hybridized carbons (Fsp3) is 0.433. The summed E-state index contributed by atoms with van der Waals surface area (Å²) in [5.74, 6) is -3.34. The number of amides is 2. The third-order valence-electron chi connectivity index (χ3n) is 7.95. The molecule has 39 heavy (non-hydrogen) atoms. The van der Waals surface area contributed by atoms with E-state index in [1.54, 1.807) is 30.0 Å². The number of aryl methyl sites for hydroxylation is 1. The van der Waals surface area contributed by atoms with Gasteiger partial charge in [-0.25, -0.2) is 4.39 Å². The van der Waals surface area contributed by atoms with E-state index in [0.717, 1.165) is 32.0 Å². The smallest absolute Gasteiger partial charge is 0.296 e. The summed E-state index contributed by atoms with van der Waals surface area (Å²) in [7, 11) is 0. The Morgan fingerprint density at radius 2 is 1.77 bits per heavy atom. The van der Waals surface area contributed by atoms with Crippen LogP contribution in [0, 0.1) is 12.7 Å². The number of Topliss-reactive ketones (excluding diaryl/α,β-unsaturated/α-hetero) is 1. The van der Waals surface area contributed by atoms with Gasteiger partial charge >= 0.3 is 0 Å². The normalized spacial score (nSPS) is 22.8. The van der Waals surface area contributed by atoms with E-state index >= 15 is 0 Å². The summed E-state index contributed by atoms with van der Waals surface area (Å²) in [4.78, 5) is 47.0. The number of anilines is 1. The van der Waals surface area contributed by atoms with Gasteiger partial charge in [-0.05, 0) is 37.5 Å². The van der Waals surface area contributed by atoms with Crippen molar-refractivity contribution in [3.05, 3.63) is 70.5 Å². The monoisotopic (exact) mass is 535 g/mol. The highest BCUT2D eigenvalue weighted by molar-refractivity contribution is 6.50. The molecule has 0 aliphatic carbocycles. The van der Waals surface area contributed by atoms with Gasteiger partial charge in [0.15, 0.2) is 5.54 Å². The molecule has 9 heteroatoms. The van der Waals surface area contributed by atoms with Gasteiger partial charge in [-0.1, -0.05) is 43.7 Å². The maximum absolute atomic E-state index is 14.5. The first-order chi connectivity index (χ1) is 18.8. The first-order valence-corrected chi connectivity index (χ1v) is 13.6. The predicted octanol–water partition coefficient (Wildman–Crippen LogP) is 3.58. The molecule has 1 spiro atoms. The highest BCUT2D eigenvalue weighted by Gasteiger charge is 2.66. The van der Waals surface area contributed by atoms with Crippen LogP contribution in [0.1, 0.15) is 42.9 Å². The molecular weight excluding hydrogens is 501 g/mol. The number of hydrogen-bond acceptors (Lipinski definition) is 6. The van der Waals surface area contributed by atoms with E-state index in [4.69, 9.17) is 4.74 Å². The van der Waals surface area contributed by atoms with Crippen LogP contribution in [0.2, 0.25) is 0 Å². The quantitative estimate of drug-likeness (QED) is 0.316. The van der Waals surface area contributed by atoms with Crippen LogP contribution in [0.15, 0.2) is 48.0 Å². The Morgan fingerprint density at radius 1 is 1.03 bits per heavy atom. The van der Waals surface area contributed by atoms with Gasteiger partial charge < -0.3 is 19.6 Å². The Balaban J connectivity index is 1.65. The number of benzene rings is 2. The Morgan fingerprint density at radius 3 is 2.49 bits per heavy atom. The summed E-state index contributed by atoms with van der Waals surface area (Å²) in [5.41, 5.74) is -0.630. The topological polar surface area (TPSA) is 90.4 Å². The number of likely N-dealkylation sites (tertiary alicyclic amines) is 1. The lowest BCUT2D eigenvalue weighted by Gasteiger charge is -2.35. The third-order valence-corrected chi connectivity index (χ3v) is 7.95. The Bertz CT molecular complexity index is 1340. The lowest BCUT2D eigenvalue weighted by Crippen LogP contribution is -2.52. The molecule has 2 fully saturated rings. The number of carbonyl (C=O) groups is 3. The number of hydrogen-bond donors (Lipinski definition) is 1. The minimum Gasteiger partial charge on any atom is -0.507 e. The minimum atomic E-state index is -1.82. The van der Waals surface area contributed by atoms with Crippen molar-refractivity contribution in [3.8, 4) is 0 Å². The second kappa shape index (κ2) is 10.9. The summed E-state index contributed by atoms with van der Waals surface area (Å²) in [6.07, 6.45) is 2.10. The predicted molar refractivity (Wildman–Crippen MR) is 145 cm³/mol. The molecular formula is C30H34FN3O5. The zero-order valence-electron chi connectivity index (χ0n) is 22.4. The van der Waals surface area contributed by atoms with Crippen LogP contribution in [0.4, 0.5) is 10.1 Å². The van der Waals surface area contributed by atoms with E-state index in [1.807, 2.05) is 13.0 Å². The molecule has 0 radical (unpaired) electrons. The molecule has 2 saturated heterocycles. The van der Waals surface area contributed by atoms with Crippen molar-refractivity contribution >= 4 is 29.0 Å². The van der Waals surface area contributed by atoms with Crippen LogP contribution in [-0.4, -0.2) is 78.4 Å². The van der Waals surface area contributed by atoms with E-state index in [-0.39, 0.29) is 17.7 Å². The SMILES string of the molecule is CCCCN1C(=O)C2(C(=C(O)c3ccc(C)c(F)c3)C(=O)C(=O)N2CCCN2CCOCC2)c2ccccc21. The number of nitrogens with zero attached hydrogens (tertiary/aromatic N) is 3. The Kier molecular flexibility index (Phi) is 7.55. The number of aliphatic hydroxyl groups excluding tert-OH is 1. The molecule has 2 aromatic rings. The van der Waals surface area contributed by atoms with Crippen molar-refractivity contribution in [2.45, 2.75) is 38.6 Å². The fourth-order valence-corrected chi connectivity index (χ4v) is 5.87. The fourth-order valence-electron chi connectivity index (χ4n) is 5.87. The zero-order valence-corrected chi connectivity index (χ0v) is 22.4. The highest BCUT2D eigenvalue weighted by atomic mass is 19.1. The van der Waals surface area contributed by atoms with Gasteiger partial charge in [-0.15, -0.1) is 0 Å². The molecule has 8 nitrogen and oxygen atoms in total. The second-order valence-electron chi connectivity index (χ2n) is 10.3. The van der Waals surface area contributed by atoms with Gasteiger partial charge in [0, 0.05) is 43.9 Å². The van der Waals surface area contributed by atoms with E-state index in [2.05, 4.69) is 4.90 Å². The van der Waals surface area contributed by atoms with Crippen molar-refractivity contribution in [3.63, 3.8) is 0 Å². The maximum Gasteiger partial charge on any atom is 0.296 e. The molecule has 3 heterocycles. The molecule has 2 amide bonds. The average molecular weight is 536 g/mol. The van der Waals surface area contributed by atoms with Crippen molar-refractivity contribution in [1.82, 2.24) is 9.80 Å². The summed E-state index contributed by atoms with van der Waals surface area (Å²) >= 11 is 0. The molecule has 206 valence electrons. The summed E-state index contributed by atoms with van der Waals surface area (Å²) in [5, 5.41) is 11.5. The summed E-state index contributed by atoms with van der Waals surface area (Å²) in [6, 6.07) is 11.2. The molecule has 0 aromatic heterocycles. The standard InChI is InChI=1S/C30H34FN3O5/c1-3-4-13-33-24-9-6-5-8-22(24)30(29(33)38)25(26(35)21-11-10-20(2)23(31)19-21)27(36)28(37)34(30)14-7-12-32-15-17-39-18-16-32/h5-6,8-11,19,35H,3-4,7,12-18H2,1-2H3. The molecule has 3 aliphatic heterocycles. The zero-order chi connectivity index (χ0) is 27.7. The van der Waals surface area contributed by atoms with Crippen LogP contribution in [0.5, 0.6) is 0 Å². The Hall–Kier alpha value is -3.56. The number of rotatable bonds is 8. The molecule has 2 aromatic carbocycles. The second-order valence-corrected chi connectivity index (χ2v) is 10.3. The number of halogens is 1. The van der Waals surface area contributed by atoms with E-state index in [9.17, 15) is 23.9 Å². The number of morpholine rings is 1. The lowest BCUT2D eigenvalue weighted by atomic mass is 9.81. The molecule has 1 N–H and O–H groups in total. The van der Waals surface area contributed by atoms with Crippen molar-refractivity contribution < 1.29 is 28.6 Å². The molecule has 1 atom stereocenters. The number of aliphatic hydroxyl groups is 1. The van der Waals surface area contributed by atoms with Gasteiger partial charge in [0.05, 0.1) is 24.5 Å². The molecule has 1 unspecified atom stereocenters. The molecule has 5 rings (SSSR count). The number of ether oxygens (including phenoxy) is 1. The third kappa shape index (κ3) is 4.43. The van der Waals surface area contributed by atoms with Gasteiger partial charge in [0.2, 0.25) is 0 Å². The van der Waals surface area contributed by atoms with E-state index in [0.29, 0.717) is 49.5 Å². The average Bonchev–Trinajstić information content (AvgIpc) is 3.32. The van der Waals surface area contributed by atoms with Crippen LogP contribution in [0.3, 0.4) is 0 Å². The lowest BCUT2D eigenvalue weighted by molar-refractivity contribution is -0.143. The van der Waals surface area contributed by atoms with Crippen LogP contribution < -0.4 is 4.90 Å².